The molecule has 0 radical (unpaired) electrons. The summed E-state index contributed by atoms with van der Waals surface area (Å²) < 4.78 is 25.7. The zero-order chi connectivity index (χ0) is 27.1. The lowest BCUT2D eigenvalue weighted by molar-refractivity contribution is 0.0587. The highest BCUT2D eigenvalue weighted by atomic mass is 19.1. The predicted octanol–water partition coefficient (Wildman–Crippen LogP) is 2.29. The van der Waals surface area contributed by atoms with Crippen LogP contribution in [0.4, 0.5) is 31.6 Å². The molecule has 0 saturated carbocycles. The van der Waals surface area contributed by atoms with Crippen LogP contribution in [-0.4, -0.2) is 95.1 Å². The lowest BCUT2D eigenvalue weighted by atomic mass is 9.98. The number of urea groups is 1. The summed E-state index contributed by atoms with van der Waals surface area (Å²) in [5.74, 6) is 1.38. The minimum atomic E-state index is -1.24. The van der Waals surface area contributed by atoms with Gasteiger partial charge in [0.25, 0.3) is 0 Å². The van der Waals surface area contributed by atoms with Crippen LogP contribution in [0.1, 0.15) is 26.7 Å². The van der Waals surface area contributed by atoms with E-state index in [0.717, 1.165) is 19.5 Å². The van der Waals surface area contributed by atoms with Crippen molar-refractivity contribution in [3.8, 4) is 5.88 Å². The van der Waals surface area contributed by atoms with Crippen molar-refractivity contribution in [2.75, 3.05) is 55.4 Å². The first-order chi connectivity index (χ1) is 18.3. The minimum absolute atomic E-state index is 0.167. The van der Waals surface area contributed by atoms with Gasteiger partial charge in [-0.1, -0.05) is 6.92 Å². The van der Waals surface area contributed by atoms with Crippen LogP contribution in [0.3, 0.4) is 0 Å². The number of amides is 3. The molecule has 2 aromatic heterocycles. The first-order valence-corrected chi connectivity index (χ1v) is 12.7. The average Bonchev–Trinajstić information content (AvgIpc) is 2.91. The van der Waals surface area contributed by atoms with E-state index in [-0.39, 0.29) is 36.6 Å². The zero-order valence-corrected chi connectivity index (χ0v) is 21.8. The molecule has 0 unspecified atom stereocenters. The molecule has 14 heteroatoms. The molecule has 4 heterocycles. The summed E-state index contributed by atoms with van der Waals surface area (Å²) in [6, 6.07) is 0.281. The van der Waals surface area contributed by atoms with Crippen LogP contribution >= 0.6 is 0 Å². The number of piperidine rings is 2. The Balaban J connectivity index is 1.35. The van der Waals surface area contributed by atoms with Gasteiger partial charge in [-0.3, -0.25) is 10.6 Å². The van der Waals surface area contributed by atoms with Crippen LogP contribution in [-0.2, 0) is 4.74 Å². The second-order valence-corrected chi connectivity index (χ2v) is 9.31. The number of rotatable bonds is 7. The highest BCUT2D eigenvalue weighted by Gasteiger charge is 2.35. The van der Waals surface area contributed by atoms with Crippen molar-refractivity contribution in [2.24, 2.45) is 5.92 Å². The molecular weight excluding hydrogens is 497 g/mol. The third-order valence-corrected chi connectivity index (χ3v) is 6.59. The first-order valence-electron chi connectivity index (χ1n) is 12.7. The molecule has 0 aliphatic carbocycles. The second-order valence-electron chi connectivity index (χ2n) is 9.31. The van der Waals surface area contributed by atoms with Crippen molar-refractivity contribution in [2.45, 2.75) is 45.0 Å². The molecule has 0 aromatic carbocycles. The van der Waals surface area contributed by atoms with E-state index >= 15 is 0 Å². The van der Waals surface area contributed by atoms with Crippen LogP contribution in [0.5, 0.6) is 5.88 Å². The molecule has 2 fully saturated rings. The number of nitrogens with zero attached hydrogens (tertiary/aromatic N) is 6. The zero-order valence-electron chi connectivity index (χ0n) is 21.8. The standard InChI is InChI=1S/C24H34FN9O4/c1-4-37-21-13-28-20(12-29-21)31-23(35)33(3)17-14-34(10-7-16(17)25)22-27-9-6-19(30-22)32-24(36)38-18-5-8-26-11-15(18)2/h6,9,12-13,15-18,26H,4-5,7-8,10-11,14H2,1-3H3,(H,28,31,35)(H,27,30,32,36)/t15-,16+,17-,18+/m0/s1. The number of hydrogen-bond donors (Lipinski definition) is 3. The molecule has 38 heavy (non-hydrogen) atoms. The van der Waals surface area contributed by atoms with Crippen LogP contribution in [0.15, 0.2) is 24.7 Å². The third-order valence-electron chi connectivity index (χ3n) is 6.59. The van der Waals surface area contributed by atoms with Gasteiger partial charge in [-0.25, -0.2) is 28.9 Å². The summed E-state index contributed by atoms with van der Waals surface area (Å²) in [6.07, 6.45) is 3.23. The number of ether oxygens (including phenoxy) is 2. The van der Waals surface area contributed by atoms with E-state index in [2.05, 4.69) is 35.9 Å². The number of carbonyl (C=O) groups is 2. The fourth-order valence-electron chi connectivity index (χ4n) is 4.41. The first kappa shape index (κ1) is 27.2. The Kier molecular flexibility index (Phi) is 9.05. The van der Waals surface area contributed by atoms with Crippen LogP contribution < -0.4 is 25.6 Å². The number of hydrogen-bond acceptors (Lipinski definition) is 10. The summed E-state index contributed by atoms with van der Waals surface area (Å²) >= 11 is 0. The number of likely N-dealkylation sites (N-methyl/N-ethyl adjacent to an activating group) is 1. The van der Waals surface area contributed by atoms with Crippen molar-refractivity contribution in [1.29, 1.82) is 0 Å². The van der Waals surface area contributed by atoms with E-state index < -0.39 is 24.3 Å². The van der Waals surface area contributed by atoms with Gasteiger partial charge in [0.05, 0.1) is 25.0 Å². The maximum absolute atomic E-state index is 14.9. The normalized spacial score (nSPS) is 23.3. The molecule has 2 saturated heterocycles. The monoisotopic (exact) mass is 531 g/mol. The van der Waals surface area contributed by atoms with Crippen molar-refractivity contribution < 1.29 is 23.5 Å². The van der Waals surface area contributed by atoms with Crippen molar-refractivity contribution in [3.63, 3.8) is 0 Å². The maximum Gasteiger partial charge on any atom is 0.413 e. The number of anilines is 3. The van der Waals surface area contributed by atoms with Crippen molar-refractivity contribution in [1.82, 2.24) is 30.2 Å². The third kappa shape index (κ3) is 6.94. The molecular formula is C24H34FN9O4. The summed E-state index contributed by atoms with van der Waals surface area (Å²) in [6.45, 7) is 6.42. The van der Waals surface area contributed by atoms with Gasteiger partial charge in [-0.05, 0) is 32.4 Å². The van der Waals surface area contributed by atoms with Gasteiger partial charge in [0.2, 0.25) is 11.8 Å². The molecule has 0 spiro atoms. The second kappa shape index (κ2) is 12.6. The molecule has 3 amide bonds. The Morgan fingerprint density at radius 2 is 2.05 bits per heavy atom. The molecule has 206 valence electrons. The van der Waals surface area contributed by atoms with E-state index in [1.54, 1.807) is 11.0 Å². The number of nitrogens with one attached hydrogen (secondary N) is 3. The Bertz CT molecular complexity index is 1090. The fraction of sp³-hybridized carbons (Fsp3) is 0.583. The Morgan fingerprint density at radius 3 is 2.79 bits per heavy atom. The highest BCUT2D eigenvalue weighted by molar-refractivity contribution is 5.88. The molecule has 3 N–H and O–H groups in total. The molecule has 13 nitrogen and oxygen atoms in total. The van der Waals surface area contributed by atoms with Gasteiger partial charge in [-0.15, -0.1) is 0 Å². The number of aromatic nitrogens is 4. The highest BCUT2D eigenvalue weighted by Crippen LogP contribution is 2.23. The van der Waals surface area contributed by atoms with E-state index in [1.165, 1.54) is 30.5 Å². The van der Waals surface area contributed by atoms with E-state index in [1.807, 2.05) is 13.8 Å². The lowest BCUT2D eigenvalue weighted by Gasteiger charge is -2.39. The molecule has 2 aliphatic heterocycles. The molecule has 0 bridgehead atoms. The minimum Gasteiger partial charge on any atom is -0.477 e. The number of carbonyl (C=O) groups excluding carboxylic acids is 2. The quantitative estimate of drug-likeness (QED) is 0.486. The average molecular weight is 532 g/mol. The van der Waals surface area contributed by atoms with Gasteiger partial charge in [0.15, 0.2) is 5.82 Å². The Morgan fingerprint density at radius 1 is 1.21 bits per heavy atom. The van der Waals surface area contributed by atoms with E-state index in [0.29, 0.717) is 25.0 Å². The van der Waals surface area contributed by atoms with E-state index in [4.69, 9.17) is 9.47 Å². The largest absolute Gasteiger partial charge is 0.477 e. The summed E-state index contributed by atoms with van der Waals surface area (Å²) in [7, 11) is 1.52. The maximum atomic E-state index is 14.9. The van der Waals surface area contributed by atoms with Gasteiger partial charge in [-0.2, -0.15) is 4.98 Å². The van der Waals surface area contributed by atoms with Crippen molar-refractivity contribution >= 4 is 29.7 Å². The smallest absolute Gasteiger partial charge is 0.413 e. The van der Waals surface area contributed by atoms with Gasteiger partial charge >= 0.3 is 12.1 Å². The Labute approximate surface area is 220 Å². The molecule has 2 aromatic rings. The molecule has 4 rings (SSSR count). The SMILES string of the molecule is CCOc1cnc(NC(=O)N(C)[C@H]2CN(c3nccc(NC(=O)O[C@@H]4CCNC[C@@H]4C)n3)CC[C@H]2F)cn1. The molecule has 2 aliphatic rings. The summed E-state index contributed by atoms with van der Waals surface area (Å²) in [5, 5.41) is 8.55. The predicted molar refractivity (Wildman–Crippen MR) is 138 cm³/mol. The van der Waals surface area contributed by atoms with Gasteiger partial charge in [0.1, 0.15) is 18.1 Å². The van der Waals surface area contributed by atoms with Crippen LogP contribution in [0.25, 0.3) is 0 Å². The fourth-order valence-corrected chi connectivity index (χ4v) is 4.41. The topological polar surface area (TPSA) is 147 Å². The molecule has 4 atom stereocenters. The van der Waals surface area contributed by atoms with Gasteiger partial charge < -0.3 is 24.6 Å². The Hall–Kier alpha value is -3.81. The van der Waals surface area contributed by atoms with Crippen molar-refractivity contribution in [3.05, 3.63) is 24.7 Å². The van der Waals surface area contributed by atoms with Crippen LogP contribution in [0.2, 0.25) is 0 Å². The lowest BCUT2D eigenvalue weighted by Crippen LogP contribution is -2.55. The van der Waals surface area contributed by atoms with E-state index in [9.17, 15) is 14.0 Å². The summed E-state index contributed by atoms with van der Waals surface area (Å²) in [5.41, 5.74) is 0. The summed E-state index contributed by atoms with van der Waals surface area (Å²) in [4.78, 5) is 45.2. The van der Waals surface area contributed by atoms with Crippen LogP contribution in [0, 0.1) is 5.92 Å². The number of alkyl halides is 1. The van der Waals surface area contributed by atoms with Gasteiger partial charge in [0, 0.05) is 38.8 Å². The number of halogens is 1.